The standard InChI is InChI=1S/C13H16ClNO4/c1-3-18-13-9(14)7-12(13)19-11-6-8(2)4-5-10(11)15(16)17/h4-6,9,12-13H,3,7H2,1-2H3. The van der Waals surface area contributed by atoms with Gasteiger partial charge in [-0.1, -0.05) is 6.07 Å². The van der Waals surface area contributed by atoms with E-state index >= 15 is 0 Å². The van der Waals surface area contributed by atoms with Crippen LogP contribution in [0.4, 0.5) is 5.69 Å². The molecule has 0 aliphatic heterocycles. The molecule has 6 heteroatoms. The lowest BCUT2D eigenvalue weighted by Gasteiger charge is -2.40. The molecule has 104 valence electrons. The van der Waals surface area contributed by atoms with Gasteiger partial charge < -0.3 is 9.47 Å². The first kappa shape index (κ1) is 14.1. The smallest absolute Gasteiger partial charge is 0.310 e. The molecule has 1 aromatic carbocycles. The Morgan fingerprint density at radius 2 is 2.26 bits per heavy atom. The molecule has 0 radical (unpaired) electrons. The summed E-state index contributed by atoms with van der Waals surface area (Å²) in [5.41, 5.74) is 0.883. The van der Waals surface area contributed by atoms with Gasteiger partial charge >= 0.3 is 5.69 Å². The first-order chi connectivity index (χ1) is 9.02. The van der Waals surface area contributed by atoms with Crippen molar-refractivity contribution in [1.82, 2.24) is 0 Å². The predicted molar refractivity (Wildman–Crippen MR) is 71.9 cm³/mol. The fraction of sp³-hybridized carbons (Fsp3) is 0.538. The van der Waals surface area contributed by atoms with Crippen LogP contribution in [0.1, 0.15) is 18.9 Å². The second kappa shape index (κ2) is 5.75. The van der Waals surface area contributed by atoms with Gasteiger partial charge in [-0.2, -0.15) is 0 Å². The predicted octanol–water partition coefficient (Wildman–Crippen LogP) is 3.07. The van der Waals surface area contributed by atoms with Crippen LogP contribution in [-0.4, -0.2) is 29.1 Å². The lowest BCUT2D eigenvalue weighted by molar-refractivity contribution is -0.386. The van der Waals surface area contributed by atoms with Crippen molar-refractivity contribution in [2.75, 3.05) is 6.61 Å². The number of nitro groups is 1. The number of rotatable bonds is 5. The summed E-state index contributed by atoms with van der Waals surface area (Å²) in [5.74, 6) is 0.281. The average molecular weight is 286 g/mol. The van der Waals surface area contributed by atoms with Gasteiger partial charge in [-0.3, -0.25) is 10.1 Å². The molecule has 0 N–H and O–H groups in total. The van der Waals surface area contributed by atoms with Gasteiger partial charge in [-0.25, -0.2) is 0 Å². The molecule has 0 heterocycles. The van der Waals surface area contributed by atoms with Crippen molar-refractivity contribution in [2.45, 2.75) is 37.9 Å². The highest BCUT2D eigenvalue weighted by Gasteiger charge is 2.43. The van der Waals surface area contributed by atoms with Gasteiger partial charge in [0, 0.05) is 19.1 Å². The Morgan fingerprint density at radius 3 is 2.84 bits per heavy atom. The lowest BCUT2D eigenvalue weighted by Crippen LogP contribution is -2.52. The van der Waals surface area contributed by atoms with Crippen LogP contribution in [0.3, 0.4) is 0 Å². The highest BCUT2D eigenvalue weighted by molar-refractivity contribution is 6.21. The Bertz CT molecular complexity index is 480. The van der Waals surface area contributed by atoms with E-state index in [1.165, 1.54) is 6.07 Å². The van der Waals surface area contributed by atoms with Gasteiger partial charge in [0.1, 0.15) is 12.2 Å². The molecule has 1 aliphatic rings. The van der Waals surface area contributed by atoms with Crippen molar-refractivity contribution in [2.24, 2.45) is 0 Å². The summed E-state index contributed by atoms with van der Waals surface area (Å²) < 4.78 is 11.2. The third-order valence-corrected chi connectivity index (χ3v) is 3.56. The van der Waals surface area contributed by atoms with E-state index < -0.39 is 4.92 Å². The van der Waals surface area contributed by atoms with Crippen molar-refractivity contribution in [3.05, 3.63) is 33.9 Å². The number of hydrogen-bond donors (Lipinski definition) is 0. The summed E-state index contributed by atoms with van der Waals surface area (Å²) >= 11 is 6.05. The maximum Gasteiger partial charge on any atom is 0.310 e. The van der Waals surface area contributed by atoms with E-state index in [0.717, 1.165) is 5.56 Å². The molecule has 5 nitrogen and oxygen atoms in total. The Hall–Kier alpha value is -1.33. The Balaban J connectivity index is 2.15. The topological polar surface area (TPSA) is 61.6 Å². The molecule has 0 bridgehead atoms. The van der Waals surface area contributed by atoms with Crippen LogP contribution in [-0.2, 0) is 4.74 Å². The van der Waals surface area contributed by atoms with Crippen LogP contribution >= 0.6 is 11.6 Å². The fourth-order valence-corrected chi connectivity index (χ4v) is 2.49. The van der Waals surface area contributed by atoms with Gasteiger partial charge in [-0.15, -0.1) is 11.6 Å². The van der Waals surface area contributed by atoms with Gasteiger partial charge in [0.25, 0.3) is 0 Å². The Morgan fingerprint density at radius 1 is 1.53 bits per heavy atom. The first-order valence-corrected chi connectivity index (χ1v) is 6.64. The zero-order chi connectivity index (χ0) is 14.0. The summed E-state index contributed by atoms with van der Waals surface area (Å²) in [6.07, 6.45) is 0.215. The number of ether oxygens (including phenoxy) is 2. The molecule has 1 fully saturated rings. The zero-order valence-electron chi connectivity index (χ0n) is 10.8. The van der Waals surface area contributed by atoms with E-state index in [0.29, 0.717) is 13.0 Å². The van der Waals surface area contributed by atoms with Crippen molar-refractivity contribution in [3.63, 3.8) is 0 Å². The minimum Gasteiger partial charge on any atom is -0.481 e. The molecule has 1 aromatic rings. The minimum atomic E-state index is -0.443. The van der Waals surface area contributed by atoms with Crippen LogP contribution in [0.25, 0.3) is 0 Å². The fourth-order valence-electron chi connectivity index (χ4n) is 2.08. The Kier molecular flexibility index (Phi) is 4.27. The van der Waals surface area contributed by atoms with Crippen molar-refractivity contribution < 1.29 is 14.4 Å². The average Bonchev–Trinajstić information content (AvgIpc) is 2.35. The van der Waals surface area contributed by atoms with E-state index in [9.17, 15) is 10.1 Å². The number of hydrogen-bond acceptors (Lipinski definition) is 4. The van der Waals surface area contributed by atoms with E-state index in [1.807, 2.05) is 13.8 Å². The molecule has 2 rings (SSSR count). The normalized spacial score (nSPS) is 25.7. The van der Waals surface area contributed by atoms with Crippen LogP contribution in [0.2, 0.25) is 0 Å². The van der Waals surface area contributed by atoms with E-state index in [4.69, 9.17) is 21.1 Å². The maximum absolute atomic E-state index is 11.0. The summed E-state index contributed by atoms with van der Waals surface area (Å²) in [6.45, 7) is 4.29. The number of benzene rings is 1. The monoisotopic (exact) mass is 285 g/mol. The second-order valence-corrected chi connectivity index (χ2v) is 5.12. The molecule has 3 atom stereocenters. The lowest BCUT2D eigenvalue weighted by atomic mass is 9.91. The van der Waals surface area contributed by atoms with Crippen LogP contribution in [0, 0.1) is 17.0 Å². The number of aryl methyl sites for hydroxylation is 1. The third-order valence-electron chi connectivity index (χ3n) is 3.13. The van der Waals surface area contributed by atoms with Gasteiger partial charge in [-0.05, 0) is 25.5 Å². The van der Waals surface area contributed by atoms with Crippen molar-refractivity contribution >= 4 is 17.3 Å². The molecule has 0 aromatic heterocycles. The largest absolute Gasteiger partial charge is 0.481 e. The van der Waals surface area contributed by atoms with Crippen LogP contribution in [0.15, 0.2) is 18.2 Å². The molecular formula is C13H16ClNO4. The number of nitro benzene ring substituents is 1. The van der Waals surface area contributed by atoms with Gasteiger partial charge in [0.2, 0.25) is 0 Å². The molecule has 0 spiro atoms. The second-order valence-electron chi connectivity index (χ2n) is 4.56. The van der Waals surface area contributed by atoms with Gasteiger partial charge in [0.15, 0.2) is 5.75 Å². The highest BCUT2D eigenvalue weighted by Crippen LogP contribution is 2.36. The molecule has 1 saturated carbocycles. The first-order valence-electron chi connectivity index (χ1n) is 6.20. The minimum absolute atomic E-state index is 0.0288. The summed E-state index contributed by atoms with van der Waals surface area (Å²) in [7, 11) is 0. The quantitative estimate of drug-likeness (QED) is 0.474. The third kappa shape index (κ3) is 2.98. The van der Waals surface area contributed by atoms with Crippen molar-refractivity contribution in [3.8, 4) is 5.75 Å². The van der Waals surface area contributed by atoms with Gasteiger partial charge in [0.05, 0.1) is 10.3 Å². The summed E-state index contributed by atoms with van der Waals surface area (Å²) in [6, 6.07) is 4.82. The maximum atomic E-state index is 11.0. The van der Waals surface area contributed by atoms with E-state index in [2.05, 4.69) is 0 Å². The van der Waals surface area contributed by atoms with Crippen molar-refractivity contribution in [1.29, 1.82) is 0 Å². The molecule has 1 aliphatic carbocycles. The molecule has 0 amide bonds. The van der Waals surface area contributed by atoms with Crippen LogP contribution in [0.5, 0.6) is 5.75 Å². The number of nitrogens with zero attached hydrogens (tertiary/aromatic N) is 1. The number of halogens is 1. The number of alkyl halides is 1. The zero-order valence-corrected chi connectivity index (χ0v) is 11.6. The Labute approximate surface area is 116 Å². The molecule has 0 saturated heterocycles. The SMILES string of the molecule is CCOC1C(Cl)CC1Oc1cc(C)ccc1[N+](=O)[O-]. The summed E-state index contributed by atoms with van der Waals surface area (Å²) in [5, 5.41) is 10.9. The van der Waals surface area contributed by atoms with E-state index in [1.54, 1.807) is 12.1 Å². The summed E-state index contributed by atoms with van der Waals surface area (Å²) in [4.78, 5) is 10.5. The van der Waals surface area contributed by atoms with Crippen LogP contribution < -0.4 is 4.74 Å². The molecule has 19 heavy (non-hydrogen) atoms. The van der Waals surface area contributed by atoms with E-state index in [-0.39, 0.29) is 29.0 Å². The highest BCUT2D eigenvalue weighted by atomic mass is 35.5. The molecular weight excluding hydrogens is 270 g/mol. The molecule has 3 unspecified atom stereocenters.